The number of hydrogen-bond acceptors (Lipinski definition) is 4. The molecule has 7 nitrogen and oxygen atoms in total. The third-order valence-electron chi connectivity index (χ3n) is 3.95. The molecule has 0 saturated carbocycles. The second-order valence-corrected chi connectivity index (χ2v) is 5.90. The van der Waals surface area contributed by atoms with Gasteiger partial charge in [0.05, 0.1) is 18.8 Å². The quantitative estimate of drug-likeness (QED) is 0.888. The molecule has 3 heterocycles. The fraction of sp³-hybridized carbons (Fsp3) is 0.500. The van der Waals surface area contributed by atoms with Crippen molar-refractivity contribution in [3.8, 4) is 0 Å². The Morgan fingerprint density at radius 2 is 2.35 bits per heavy atom. The summed E-state index contributed by atoms with van der Waals surface area (Å²) in [5.41, 5.74) is 0. The van der Waals surface area contributed by atoms with Gasteiger partial charge in [0, 0.05) is 25.1 Å². The zero-order valence-corrected chi connectivity index (χ0v) is 13.4. The maximum Gasteiger partial charge on any atom is 0.320 e. The predicted molar refractivity (Wildman–Crippen MR) is 85.2 cm³/mol. The lowest BCUT2D eigenvalue weighted by Crippen LogP contribution is -2.32. The summed E-state index contributed by atoms with van der Waals surface area (Å²) in [7, 11) is 0. The van der Waals surface area contributed by atoms with Crippen LogP contribution in [0.2, 0.25) is 0 Å². The average molecular weight is 318 g/mol. The van der Waals surface area contributed by atoms with E-state index in [4.69, 9.17) is 9.15 Å². The number of nitrogens with zero attached hydrogens (tertiary/aromatic N) is 2. The van der Waals surface area contributed by atoms with E-state index < -0.39 is 0 Å². The van der Waals surface area contributed by atoms with Crippen LogP contribution in [0.4, 0.5) is 10.6 Å². The number of hydrogen-bond donors (Lipinski definition) is 2. The number of carbonyl (C=O) groups is 1. The monoisotopic (exact) mass is 318 g/mol. The fourth-order valence-electron chi connectivity index (χ4n) is 2.66. The molecule has 0 unspecified atom stereocenters. The van der Waals surface area contributed by atoms with Crippen LogP contribution in [-0.2, 0) is 11.3 Å². The third-order valence-corrected chi connectivity index (χ3v) is 3.95. The second-order valence-electron chi connectivity index (χ2n) is 5.90. The van der Waals surface area contributed by atoms with Gasteiger partial charge in [0.25, 0.3) is 0 Å². The van der Waals surface area contributed by atoms with Crippen molar-refractivity contribution >= 4 is 11.8 Å². The molecule has 3 rings (SSSR count). The molecule has 2 N–H and O–H groups in total. The van der Waals surface area contributed by atoms with Crippen molar-refractivity contribution in [3.63, 3.8) is 0 Å². The zero-order valence-electron chi connectivity index (χ0n) is 13.4. The van der Waals surface area contributed by atoms with Gasteiger partial charge in [0.15, 0.2) is 0 Å². The molecule has 2 aromatic rings. The van der Waals surface area contributed by atoms with E-state index in [1.807, 2.05) is 26.0 Å². The Morgan fingerprint density at radius 1 is 1.48 bits per heavy atom. The summed E-state index contributed by atoms with van der Waals surface area (Å²) in [6.07, 6.45) is 2.71. The third kappa shape index (κ3) is 3.92. The standard InChI is InChI=1S/C16H22N4O3/c1-11-3-4-14(23-11)12(2)18-16(21)19-15-5-7-17-20(15)9-13-6-8-22-10-13/h3-5,7,12-13H,6,8-10H2,1-2H3,(H2,18,19,21)/t12-,13+/m0/s1. The Bertz CT molecular complexity index is 658. The summed E-state index contributed by atoms with van der Waals surface area (Å²) >= 11 is 0. The highest BCUT2D eigenvalue weighted by Gasteiger charge is 2.19. The molecular weight excluding hydrogens is 296 g/mol. The Labute approximate surface area is 135 Å². The molecule has 0 aliphatic carbocycles. The normalized spacial score (nSPS) is 18.8. The molecule has 2 atom stereocenters. The van der Waals surface area contributed by atoms with Crippen LogP contribution in [0.25, 0.3) is 0 Å². The Kier molecular flexibility index (Phi) is 4.66. The Balaban J connectivity index is 1.56. The van der Waals surface area contributed by atoms with E-state index in [9.17, 15) is 4.79 Å². The van der Waals surface area contributed by atoms with Gasteiger partial charge in [-0.3, -0.25) is 5.32 Å². The molecule has 1 aliphatic heterocycles. The molecular formula is C16H22N4O3. The number of furan rings is 1. The minimum atomic E-state index is -0.282. The number of ether oxygens (including phenoxy) is 1. The van der Waals surface area contributed by atoms with Gasteiger partial charge < -0.3 is 14.5 Å². The van der Waals surface area contributed by atoms with Gasteiger partial charge in [0.1, 0.15) is 17.3 Å². The van der Waals surface area contributed by atoms with Crippen molar-refractivity contribution in [2.24, 2.45) is 5.92 Å². The summed E-state index contributed by atoms with van der Waals surface area (Å²) in [6.45, 7) is 6.05. The summed E-state index contributed by atoms with van der Waals surface area (Å²) in [5, 5.41) is 9.97. The largest absolute Gasteiger partial charge is 0.464 e. The fourth-order valence-corrected chi connectivity index (χ4v) is 2.66. The molecule has 1 saturated heterocycles. The molecule has 0 radical (unpaired) electrons. The maximum absolute atomic E-state index is 12.2. The van der Waals surface area contributed by atoms with Crippen molar-refractivity contribution in [2.75, 3.05) is 18.5 Å². The van der Waals surface area contributed by atoms with Gasteiger partial charge in [-0.2, -0.15) is 5.10 Å². The second kappa shape index (κ2) is 6.87. The van der Waals surface area contributed by atoms with E-state index in [0.29, 0.717) is 11.7 Å². The minimum Gasteiger partial charge on any atom is -0.464 e. The molecule has 2 amide bonds. The van der Waals surface area contributed by atoms with Crippen molar-refractivity contribution in [1.82, 2.24) is 15.1 Å². The number of urea groups is 1. The number of rotatable bonds is 5. The van der Waals surface area contributed by atoms with Crippen LogP contribution >= 0.6 is 0 Å². The van der Waals surface area contributed by atoms with Crippen molar-refractivity contribution in [1.29, 1.82) is 0 Å². The van der Waals surface area contributed by atoms with Crippen molar-refractivity contribution in [3.05, 3.63) is 35.9 Å². The van der Waals surface area contributed by atoms with Gasteiger partial charge in [-0.05, 0) is 32.4 Å². The van der Waals surface area contributed by atoms with Gasteiger partial charge in [0.2, 0.25) is 0 Å². The molecule has 0 bridgehead atoms. The van der Waals surface area contributed by atoms with E-state index in [1.54, 1.807) is 16.9 Å². The van der Waals surface area contributed by atoms with Crippen LogP contribution in [-0.4, -0.2) is 29.0 Å². The Morgan fingerprint density at radius 3 is 3.04 bits per heavy atom. The maximum atomic E-state index is 12.2. The molecule has 124 valence electrons. The lowest BCUT2D eigenvalue weighted by atomic mass is 10.1. The molecule has 2 aromatic heterocycles. The zero-order chi connectivity index (χ0) is 16.2. The first-order chi connectivity index (χ1) is 11.1. The molecule has 7 heteroatoms. The number of nitrogens with one attached hydrogen (secondary N) is 2. The molecule has 23 heavy (non-hydrogen) atoms. The van der Waals surface area contributed by atoms with E-state index in [1.165, 1.54) is 0 Å². The van der Waals surface area contributed by atoms with E-state index in [2.05, 4.69) is 15.7 Å². The van der Waals surface area contributed by atoms with E-state index >= 15 is 0 Å². The van der Waals surface area contributed by atoms with Crippen LogP contribution in [0.15, 0.2) is 28.8 Å². The predicted octanol–water partition coefficient (Wildman–Crippen LogP) is 2.70. The summed E-state index contributed by atoms with van der Waals surface area (Å²) in [4.78, 5) is 12.2. The van der Waals surface area contributed by atoms with Gasteiger partial charge in [-0.1, -0.05) is 0 Å². The average Bonchev–Trinajstić information content (AvgIpc) is 3.23. The van der Waals surface area contributed by atoms with E-state index in [0.717, 1.165) is 37.7 Å². The van der Waals surface area contributed by atoms with Crippen molar-refractivity contribution < 1.29 is 13.9 Å². The van der Waals surface area contributed by atoms with Crippen LogP contribution in [0.5, 0.6) is 0 Å². The van der Waals surface area contributed by atoms with E-state index in [-0.39, 0.29) is 12.1 Å². The number of amides is 2. The first kappa shape index (κ1) is 15.6. The van der Waals surface area contributed by atoms with Gasteiger partial charge in [-0.15, -0.1) is 0 Å². The SMILES string of the molecule is Cc1ccc([C@H](C)NC(=O)Nc2ccnn2C[C@H]2CCOC2)o1. The Hall–Kier alpha value is -2.28. The van der Waals surface area contributed by atoms with Crippen LogP contribution in [0.3, 0.4) is 0 Å². The first-order valence-corrected chi connectivity index (χ1v) is 7.85. The number of aromatic nitrogens is 2. The molecule has 0 aromatic carbocycles. The lowest BCUT2D eigenvalue weighted by Gasteiger charge is -2.15. The minimum absolute atomic E-state index is 0.205. The highest BCUT2D eigenvalue weighted by Crippen LogP contribution is 2.18. The first-order valence-electron chi connectivity index (χ1n) is 7.85. The van der Waals surface area contributed by atoms with Crippen LogP contribution in [0.1, 0.15) is 30.9 Å². The number of carbonyl (C=O) groups excluding carboxylic acids is 1. The van der Waals surface area contributed by atoms with Crippen LogP contribution in [0, 0.1) is 12.8 Å². The highest BCUT2D eigenvalue weighted by molar-refractivity contribution is 5.88. The highest BCUT2D eigenvalue weighted by atomic mass is 16.5. The molecule has 1 aliphatic rings. The number of anilines is 1. The van der Waals surface area contributed by atoms with Crippen LogP contribution < -0.4 is 10.6 Å². The number of aryl methyl sites for hydroxylation is 1. The summed E-state index contributed by atoms with van der Waals surface area (Å²) in [5.74, 6) is 2.68. The topological polar surface area (TPSA) is 81.3 Å². The van der Waals surface area contributed by atoms with Crippen molar-refractivity contribution in [2.45, 2.75) is 32.9 Å². The van der Waals surface area contributed by atoms with Gasteiger partial charge >= 0.3 is 6.03 Å². The lowest BCUT2D eigenvalue weighted by molar-refractivity contribution is 0.181. The summed E-state index contributed by atoms with van der Waals surface area (Å²) < 4.78 is 12.7. The summed E-state index contributed by atoms with van der Waals surface area (Å²) in [6, 6.07) is 5.05. The van der Waals surface area contributed by atoms with Gasteiger partial charge in [-0.25, -0.2) is 9.48 Å². The molecule has 1 fully saturated rings. The smallest absolute Gasteiger partial charge is 0.320 e. The molecule has 0 spiro atoms.